The van der Waals surface area contributed by atoms with Crippen LogP contribution in [0.25, 0.3) is 0 Å². The minimum absolute atomic E-state index is 0.0173. The van der Waals surface area contributed by atoms with Crippen molar-refractivity contribution in [2.45, 2.75) is 90.8 Å². The number of aryl methyl sites for hydroxylation is 1. The predicted octanol–water partition coefficient (Wildman–Crippen LogP) is 5.67. The third-order valence-electron chi connectivity index (χ3n) is 6.77. The second-order valence-corrected chi connectivity index (χ2v) is 9.42. The third kappa shape index (κ3) is 8.00. The van der Waals surface area contributed by atoms with Crippen molar-refractivity contribution in [1.82, 2.24) is 10.2 Å². The highest BCUT2D eigenvalue weighted by Gasteiger charge is 2.30. The number of amides is 2. The van der Waals surface area contributed by atoms with E-state index in [4.69, 9.17) is 9.47 Å². The van der Waals surface area contributed by atoms with E-state index in [9.17, 15) is 9.59 Å². The van der Waals surface area contributed by atoms with Crippen LogP contribution in [0.4, 0.5) is 0 Å². The van der Waals surface area contributed by atoms with E-state index in [1.54, 1.807) is 4.90 Å². The molecule has 1 N–H and O–H groups in total. The molecule has 1 aliphatic carbocycles. The van der Waals surface area contributed by atoms with E-state index in [1.165, 1.54) is 6.42 Å². The Hall–Kier alpha value is -3.02. The number of rotatable bonds is 13. The van der Waals surface area contributed by atoms with Crippen LogP contribution in [0.5, 0.6) is 11.5 Å². The first-order valence-corrected chi connectivity index (χ1v) is 13.6. The Bertz CT molecular complexity index is 957. The Kier molecular flexibility index (Phi) is 11.1. The van der Waals surface area contributed by atoms with Gasteiger partial charge < -0.3 is 19.7 Å². The lowest BCUT2D eigenvalue weighted by atomic mass is 9.95. The molecule has 36 heavy (non-hydrogen) atoms. The lowest BCUT2D eigenvalue weighted by Gasteiger charge is -2.33. The Morgan fingerprint density at radius 1 is 0.917 bits per heavy atom. The number of ether oxygens (including phenoxy) is 2. The molecule has 0 saturated heterocycles. The number of carbonyl (C=O) groups is 2. The van der Waals surface area contributed by atoms with Crippen LogP contribution < -0.4 is 14.8 Å². The predicted molar refractivity (Wildman–Crippen MR) is 143 cm³/mol. The Morgan fingerprint density at radius 3 is 2.28 bits per heavy atom. The van der Waals surface area contributed by atoms with E-state index < -0.39 is 6.04 Å². The fraction of sp³-hybridized carbons (Fsp3) is 0.533. The summed E-state index contributed by atoms with van der Waals surface area (Å²) in [5.41, 5.74) is 2.03. The fourth-order valence-corrected chi connectivity index (χ4v) is 4.89. The van der Waals surface area contributed by atoms with Gasteiger partial charge in [-0.3, -0.25) is 9.59 Å². The topological polar surface area (TPSA) is 67.9 Å². The summed E-state index contributed by atoms with van der Waals surface area (Å²) in [5.74, 6) is 1.36. The maximum Gasteiger partial charge on any atom is 0.243 e. The van der Waals surface area contributed by atoms with Gasteiger partial charge in [0.25, 0.3) is 0 Å². The molecule has 0 aliphatic heterocycles. The van der Waals surface area contributed by atoms with Gasteiger partial charge in [-0.05, 0) is 62.8 Å². The summed E-state index contributed by atoms with van der Waals surface area (Å²) in [5, 5.41) is 3.24. The van der Waals surface area contributed by atoms with Gasteiger partial charge in [0.1, 0.15) is 6.04 Å². The molecule has 0 aromatic heterocycles. The molecule has 0 unspecified atom stereocenters. The average molecular weight is 495 g/mol. The maximum absolute atomic E-state index is 13.6. The van der Waals surface area contributed by atoms with Gasteiger partial charge in [-0.2, -0.15) is 0 Å². The van der Waals surface area contributed by atoms with Gasteiger partial charge in [0.15, 0.2) is 11.5 Å². The maximum atomic E-state index is 13.6. The summed E-state index contributed by atoms with van der Waals surface area (Å²) >= 11 is 0. The summed E-state index contributed by atoms with van der Waals surface area (Å²) in [6, 6.07) is 15.5. The van der Waals surface area contributed by atoms with Crippen LogP contribution in [0, 0.1) is 0 Å². The van der Waals surface area contributed by atoms with E-state index in [-0.39, 0.29) is 17.9 Å². The first-order valence-electron chi connectivity index (χ1n) is 13.6. The summed E-state index contributed by atoms with van der Waals surface area (Å²) in [4.78, 5) is 28.7. The normalized spacial score (nSPS) is 14.6. The zero-order valence-corrected chi connectivity index (χ0v) is 22.1. The monoisotopic (exact) mass is 494 g/mol. The van der Waals surface area contributed by atoms with E-state index in [0.29, 0.717) is 50.5 Å². The molecule has 6 nitrogen and oxygen atoms in total. The number of hydrogen-bond donors (Lipinski definition) is 1. The second kappa shape index (κ2) is 14.5. The van der Waals surface area contributed by atoms with Crippen molar-refractivity contribution in [1.29, 1.82) is 0 Å². The molecule has 6 heteroatoms. The van der Waals surface area contributed by atoms with E-state index in [2.05, 4.69) is 5.32 Å². The molecule has 1 aliphatic rings. The summed E-state index contributed by atoms with van der Waals surface area (Å²) in [6.45, 7) is 7.39. The first-order chi connectivity index (χ1) is 17.5. The molecule has 3 rings (SSSR count). The quantitative estimate of drug-likeness (QED) is 0.389. The highest BCUT2D eigenvalue weighted by atomic mass is 16.5. The molecule has 0 bridgehead atoms. The Balaban J connectivity index is 1.74. The lowest BCUT2D eigenvalue weighted by Crippen LogP contribution is -2.51. The molecule has 2 amide bonds. The van der Waals surface area contributed by atoms with Gasteiger partial charge >= 0.3 is 0 Å². The summed E-state index contributed by atoms with van der Waals surface area (Å²) in [6.07, 6.45) is 7.05. The molecule has 2 aromatic carbocycles. The fourth-order valence-electron chi connectivity index (χ4n) is 4.89. The molecule has 0 heterocycles. The van der Waals surface area contributed by atoms with Gasteiger partial charge in [0.05, 0.1) is 13.2 Å². The van der Waals surface area contributed by atoms with Crippen LogP contribution in [0.1, 0.15) is 76.8 Å². The molecule has 1 saturated carbocycles. The SMILES string of the molecule is CCOc1ccc(CCC(=O)N(Cc2ccccc2)[C@H](CC)C(=O)NC2CCCCC2)cc1OCC. The molecular weight excluding hydrogens is 452 g/mol. The lowest BCUT2D eigenvalue weighted by molar-refractivity contribution is -0.141. The van der Waals surface area contributed by atoms with Crippen molar-refractivity contribution < 1.29 is 19.1 Å². The van der Waals surface area contributed by atoms with Gasteiger partial charge in [-0.1, -0.05) is 62.6 Å². The second-order valence-electron chi connectivity index (χ2n) is 9.42. The first kappa shape index (κ1) is 27.6. The van der Waals surface area contributed by atoms with Crippen LogP contribution in [-0.4, -0.2) is 42.0 Å². The molecule has 1 atom stereocenters. The average Bonchev–Trinajstić information content (AvgIpc) is 2.90. The number of nitrogens with one attached hydrogen (secondary N) is 1. The van der Waals surface area contributed by atoms with Crippen LogP contribution in [0.15, 0.2) is 48.5 Å². The number of nitrogens with zero attached hydrogens (tertiary/aromatic N) is 1. The van der Waals surface area contributed by atoms with Crippen molar-refractivity contribution in [3.8, 4) is 11.5 Å². The number of benzene rings is 2. The van der Waals surface area contributed by atoms with Crippen molar-refractivity contribution in [3.63, 3.8) is 0 Å². The molecule has 0 spiro atoms. The molecule has 0 radical (unpaired) electrons. The van der Waals surface area contributed by atoms with Crippen molar-refractivity contribution >= 4 is 11.8 Å². The third-order valence-corrected chi connectivity index (χ3v) is 6.77. The minimum Gasteiger partial charge on any atom is -0.490 e. The minimum atomic E-state index is -0.487. The molecular formula is C30H42N2O4. The standard InChI is InChI=1S/C30H42N2O4/c1-4-26(30(34)31-25-15-11-8-12-16-25)32(22-24-13-9-7-10-14-24)29(33)20-18-23-17-19-27(35-5-2)28(21-23)36-6-3/h7,9-10,13-14,17,19,21,25-26H,4-6,8,11-12,15-16,18,20,22H2,1-3H3,(H,31,34)/t26-/m1/s1. The molecule has 1 fully saturated rings. The molecule has 2 aromatic rings. The highest BCUT2D eigenvalue weighted by Crippen LogP contribution is 2.29. The molecule has 196 valence electrons. The van der Waals surface area contributed by atoms with Crippen LogP contribution in [-0.2, 0) is 22.6 Å². The largest absolute Gasteiger partial charge is 0.490 e. The zero-order valence-electron chi connectivity index (χ0n) is 22.1. The van der Waals surface area contributed by atoms with Gasteiger partial charge in [-0.25, -0.2) is 0 Å². The van der Waals surface area contributed by atoms with E-state index in [1.807, 2.05) is 69.3 Å². The van der Waals surface area contributed by atoms with E-state index >= 15 is 0 Å². The van der Waals surface area contributed by atoms with Crippen molar-refractivity contribution in [2.75, 3.05) is 13.2 Å². The van der Waals surface area contributed by atoms with Crippen LogP contribution >= 0.6 is 0 Å². The van der Waals surface area contributed by atoms with Crippen molar-refractivity contribution in [2.24, 2.45) is 0 Å². The van der Waals surface area contributed by atoms with E-state index in [0.717, 1.165) is 36.8 Å². The number of hydrogen-bond acceptors (Lipinski definition) is 4. The zero-order chi connectivity index (χ0) is 25.8. The Morgan fingerprint density at radius 2 is 1.61 bits per heavy atom. The van der Waals surface area contributed by atoms with Gasteiger partial charge in [0.2, 0.25) is 11.8 Å². The Labute approximate surface area is 216 Å². The van der Waals surface area contributed by atoms with Crippen molar-refractivity contribution in [3.05, 3.63) is 59.7 Å². The van der Waals surface area contributed by atoms with Crippen LogP contribution in [0.2, 0.25) is 0 Å². The highest BCUT2D eigenvalue weighted by molar-refractivity contribution is 5.88. The number of carbonyl (C=O) groups excluding carboxylic acids is 2. The van der Waals surface area contributed by atoms with Gasteiger partial charge in [0, 0.05) is 19.0 Å². The van der Waals surface area contributed by atoms with Gasteiger partial charge in [-0.15, -0.1) is 0 Å². The summed E-state index contributed by atoms with van der Waals surface area (Å²) < 4.78 is 11.4. The smallest absolute Gasteiger partial charge is 0.243 e. The van der Waals surface area contributed by atoms with Crippen LogP contribution in [0.3, 0.4) is 0 Å². The summed E-state index contributed by atoms with van der Waals surface area (Å²) in [7, 11) is 0.